The summed E-state index contributed by atoms with van der Waals surface area (Å²) in [6.45, 7) is 2.86. The number of hydrogen-bond donors (Lipinski definition) is 4. The van der Waals surface area contributed by atoms with Gasteiger partial charge in [-0.3, -0.25) is 23.6 Å². The topological polar surface area (TPSA) is 133 Å². The number of ether oxygens (including phenoxy) is 1. The number of likely N-dealkylation sites (tertiary alicyclic amines) is 1. The molecule has 10 heteroatoms. The fraction of sp³-hybridized carbons (Fsp3) is 0.350. The van der Waals surface area contributed by atoms with Crippen molar-refractivity contribution in [3.05, 3.63) is 53.3 Å². The number of anilines is 1. The quantitative estimate of drug-likeness (QED) is 0.584. The Balaban J connectivity index is 1.53. The van der Waals surface area contributed by atoms with Crippen molar-refractivity contribution in [2.24, 2.45) is 10.1 Å². The number of amidine groups is 1. The van der Waals surface area contributed by atoms with Crippen LogP contribution in [0.4, 0.5) is 5.69 Å². The summed E-state index contributed by atoms with van der Waals surface area (Å²) in [4.78, 5) is 19.1. The van der Waals surface area contributed by atoms with Gasteiger partial charge in [0.25, 0.3) is 5.91 Å². The standard InChI is InChI=1S/C20H25N5O4S/c1-13-11-22-9-8-15(13)20(26)25-10-3-2-5-14(25)12-29-17-7-4-6-16-18(17)19(21)24-30(27,28)23-16/h4,6-9,11,14,23,27-28H,2-3,5,10,12H2,1H3,(H2,21,24)/t14-/m1/s1. The fourth-order valence-corrected chi connectivity index (χ4v) is 4.73. The minimum atomic E-state index is -3.35. The molecule has 0 radical (unpaired) electrons. The SMILES string of the molecule is Cc1cnccc1C(=O)N1CCCC[C@@H]1COc1cccc2c1C(N)=NS(O)(O)N2. The zero-order valence-electron chi connectivity index (χ0n) is 16.6. The van der Waals surface area contributed by atoms with Crippen LogP contribution < -0.4 is 15.2 Å². The van der Waals surface area contributed by atoms with Crippen molar-refractivity contribution in [3.8, 4) is 5.75 Å². The maximum Gasteiger partial charge on any atom is 0.254 e. The molecule has 1 amide bonds. The first-order chi connectivity index (χ1) is 14.4. The zero-order chi connectivity index (χ0) is 21.3. The normalized spacial score (nSPS) is 21.1. The van der Waals surface area contributed by atoms with Gasteiger partial charge >= 0.3 is 0 Å². The third-order valence-corrected chi connectivity index (χ3v) is 6.27. The molecule has 0 saturated carbocycles. The molecule has 1 aromatic heterocycles. The molecule has 2 aliphatic rings. The average molecular weight is 432 g/mol. The molecule has 1 aromatic carbocycles. The molecular weight excluding hydrogens is 406 g/mol. The van der Waals surface area contributed by atoms with Crippen LogP contribution in [-0.4, -0.2) is 49.9 Å². The Morgan fingerprint density at radius 2 is 2.20 bits per heavy atom. The summed E-state index contributed by atoms with van der Waals surface area (Å²) in [5.41, 5.74) is 8.40. The second kappa shape index (κ2) is 8.13. The largest absolute Gasteiger partial charge is 0.491 e. The van der Waals surface area contributed by atoms with Crippen molar-refractivity contribution >= 4 is 28.4 Å². The van der Waals surface area contributed by atoms with E-state index >= 15 is 0 Å². The maximum atomic E-state index is 13.1. The smallest absolute Gasteiger partial charge is 0.254 e. The third kappa shape index (κ3) is 4.07. The number of nitrogens with one attached hydrogen (secondary N) is 1. The van der Waals surface area contributed by atoms with Gasteiger partial charge in [-0.05, 0) is 60.9 Å². The van der Waals surface area contributed by atoms with Gasteiger partial charge in [-0.2, -0.15) is 0 Å². The number of piperidine rings is 1. The van der Waals surface area contributed by atoms with Gasteiger partial charge in [0.15, 0.2) is 5.84 Å². The van der Waals surface area contributed by atoms with Crippen molar-refractivity contribution in [1.29, 1.82) is 0 Å². The molecule has 0 spiro atoms. The van der Waals surface area contributed by atoms with Gasteiger partial charge in [0.2, 0.25) is 0 Å². The van der Waals surface area contributed by atoms with Crippen LogP contribution in [0.25, 0.3) is 0 Å². The monoisotopic (exact) mass is 431 g/mol. The van der Waals surface area contributed by atoms with E-state index in [4.69, 9.17) is 10.5 Å². The molecule has 0 bridgehead atoms. The molecule has 5 N–H and O–H groups in total. The summed E-state index contributed by atoms with van der Waals surface area (Å²) < 4.78 is 32.0. The van der Waals surface area contributed by atoms with E-state index in [2.05, 4.69) is 14.1 Å². The number of carbonyl (C=O) groups excluding carboxylic acids is 1. The van der Waals surface area contributed by atoms with Crippen molar-refractivity contribution < 1.29 is 18.6 Å². The first-order valence-electron chi connectivity index (χ1n) is 9.75. The molecule has 4 rings (SSSR count). The number of nitrogens with two attached hydrogens (primary N) is 1. The van der Waals surface area contributed by atoms with Gasteiger partial charge in [0, 0.05) is 24.5 Å². The van der Waals surface area contributed by atoms with E-state index in [0.717, 1.165) is 24.8 Å². The van der Waals surface area contributed by atoms with Crippen LogP contribution in [0, 0.1) is 6.92 Å². The van der Waals surface area contributed by atoms with Gasteiger partial charge in [-0.1, -0.05) is 6.07 Å². The molecule has 0 aliphatic carbocycles. The van der Waals surface area contributed by atoms with Crippen LogP contribution in [0.15, 0.2) is 41.1 Å². The van der Waals surface area contributed by atoms with Crippen LogP contribution in [0.5, 0.6) is 5.75 Å². The fourth-order valence-electron chi connectivity index (χ4n) is 3.85. The molecule has 2 aromatic rings. The van der Waals surface area contributed by atoms with Crippen molar-refractivity contribution in [1.82, 2.24) is 9.88 Å². The number of benzene rings is 1. The summed E-state index contributed by atoms with van der Waals surface area (Å²) in [6, 6.07) is 6.84. The van der Waals surface area contributed by atoms with E-state index in [1.807, 2.05) is 11.8 Å². The lowest BCUT2D eigenvalue weighted by Gasteiger charge is -2.36. The average Bonchev–Trinajstić information content (AvgIpc) is 2.71. The van der Waals surface area contributed by atoms with Crippen molar-refractivity contribution in [2.75, 3.05) is 17.9 Å². The first kappa shape index (κ1) is 20.5. The number of amides is 1. The molecule has 2 aliphatic heterocycles. The van der Waals surface area contributed by atoms with Crippen LogP contribution in [0.3, 0.4) is 0 Å². The molecular formula is C20H25N5O4S. The van der Waals surface area contributed by atoms with Gasteiger partial charge in [-0.25, -0.2) is 0 Å². The molecule has 1 fully saturated rings. The predicted octanol–water partition coefficient (Wildman–Crippen LogP) is 3.18. The van der Waals surface area contributed by atoms with Crippen LogP contribution in [0.2, 0.25) is 0 Å². The van der Waals surface area contributed by atoms with E-state index in [1.165, 1.54) is 0 Å². The van der Waals surface area contributed by atoms with Crippen molar-refractivity contribution in [3.63, 3.8) is 0 Å². The number of rotatable bonds is 4. The number of carbonyl (C=O) groups is 1. The van der Waals surface area contributed by atoms with Gasteiger partial charge in [0.05, 0.1) is 17.3 Å². The minimum Gasteiger partial charge on any atom is -0.491 e. The lowest BCUT2D eigenvalue weighted by Crippen LogP contribution is -2.47. The Morgan fingerprint density at radius 3 is 3.00 bits per heavy atom. The number of nitrogens with zero attached hydrogens (tertiary/aromatic N) is 3. The van der Waals surface area contributed by atoms with E-state index in [0.29, 0.717) is 35.7 Å². The first-order valence-corrected chi connectivity index (χ1v) is 11.3. The van der Waals surface area contributed by atoms with Gasteiger partial charge < -0.3 is 15.4 Å². The number of hydrogen-bond acceptors (Lipinski definition) is 8. The Hall–Kier alpha value is -2.82. The molecule has 30 heavy (non-hydrogen) atoms. The zero-order valence-corrected chi connectivity index (χ0v) is 17.4. The maximum absolute atomic E-state index is 13.1. The highest BCUT2D eigenvalue weighted by Gasteiger charge is 2.30. The summed E-state index contributed by atoms with van der Waals surface area (Å²) in [5, 5.41) is 0. The van der Waals surface area contributed by atoms with E-state index in [9.17, 15) is 13.9 Å². The summed E-state index contributed by atoms with van der Waals surface area (Å²) in [7, 11) is -3.35. The molecule has 9 nitrogen and oxygen atoms in total. The van der Waals surface area contributed by atoms with E-state index < -0.39 is 11.0 Å². The van der Waals surface area contributed by atoms with Crippen LogP contribution >= 0.6 is 11.0 Å². The Bertz CT molecular complexity index is 997. The Kier molecular flexibility index (Phi) is 5.54. The molecule has 1 atom stereocenters. The summed E-state index contributed by atoms with van der Waals surface area (Å²) in [5.74, 6) is 0.465. The van der Waals surface area contributed by atoms with Crippen molar-refractivity contribution in [2.45, 2.75) is 32.2 Å². The molecule has 0 unspecified atom stereocenters. The predicted molar refractivity (Wildman–Crippen MR) is 117 cm³/mol. The second-order valence-corrected chi connectivity index (χ2v) is 8.85. The minimum absolute atomic E-state index is 0.00309. The molecule has 160 valence electrons. The highest BCUT2D eigenvalue weighted by atomic mass is 32.3. The second-order valence-electron chi connectivity index (χ2n) is 7.43. The van der Waals surface area contributed by atoms with Gasteiger partial charge in [0.1, 0.15) is 12.4 Å². The van der Waals surface area contributed by atoms with E-state index in [-0.39, 0.29) is 17.8 Å². The summed E-state index contributed by atoms with van der Waals surface area (Å²) >= 11 is 0. The van der Waals surface area contributed by atoms with Crippen LogP contribution in [0.1, 0.15) is 40.7 Å². The van der Waals surface area contributed by atoms with Gasteiger partial charge in [-0.15, -0.1) is 4.40 Å². The highest BCUT2D eigenvalue weighted by Crippen LogP contribution is 2.46. The number of pyridine rings is 1. The highest BCUT2D eigenvalue weighted by molar-refractivity contribution is 8.24. The number of aryl methyl sites for hydroxylation is 1. The lowest BCUT2D eigenvalue weighted by molar-refractivity contribution is 0.0527. The number of aromatic nitrogens is 1. The Morgan fingerprint density at radius 1 is 1.37 bits per heavy atom. The van der Waals surface area contributed by atoms with Crippen LogP contribution in [-0.2, 0) is 0 Å². The molecule has 3 heterocycles. The van der Waals surface area contributed by atoms with E-state index in [1.54, 1.807) is 36.7 Å². The summed E-state index contributed by atoms with van der Waals surface area (Å²) in [6.07, 6.45) is 6.14. The molecule has 1 saturated heterocycles. The number of fused-ring (bicyclic) bond motifs is 1. The third-order valence-electron chi connectivity index (χ3n) is 5.32. The Labute approximate surface area is 176 Å². The lowest BCUT2D eigenvalue weighted by atomic mass is 10.0.